The highest BCUT2D eigenvalue weighted by molar-refractivity contribution is 5.79. The molecule has 0 amide bonds. The van der Waals surface area contributed by atoms with E-state index in [0.717, 1.165) is 11.5 Å². The summed E-state index contributed by atoms with van der Waals surface area (Å²) in [6.45, 7) is 7.26. The van der Waals surface area contributed by atoms with Gasteiger partial charge >= 0.3 is 0 Å². The first-order chi connectivity index (χ1) is 9.99. The van der Waals surface area contributed by atoms with E-state index >= 15 is 0 Å². The number of hydrogen-bond acceptors (Lipinski definition) is 5. The third-order valence-corrected chi connectivity index (χ3v) is 2.85. The van der Waals surface area contributed by atoms with Crippen molar-refractivity contribution in [2.24, 2.45) is 4.99 Å². The Morgan fingerprint density at radius 2 is 2.05 bits per heavy atom. The maximum atomic E-state index is 5.71. The molecule has 0 aliphatic carbocycles. The Morgan fingerprint density at radius 1 is 1.29 bits per heavy atom. The minimum atomic E-state index is -0.0435. The van der Waals surface area contributed by atoms with E-state index in [9.17, 15) is 0 Å². The molecule has 0 fully saturated rings. The van der Waals surface area contributed by atoms with Gasteiger partial charge in [-0.25, -0.2) is 4.98 Å². The number of aliphatic imine (C=N–C) groups is 1. The van der Waals surface area contributed by atoms with Crippen LogP contribution in [0.3, 0.4) is 0 Å². The van der Waals surface area contributed by atoms with Crippen LogP contribution in [0.5, 0.6) is 0 Å². The second kappa shape index (κ2) is 6.43. The summed E-state index contributed by atoms with van der Waals surface area (Å²) in [6, 6.07) is 1.80. The fraction of sp³-hybridized carbons (Fsp3) is 0.500. The standard InChI is InChI=1S/C14H21N5O2/c1-14(2,3)11-8-16-12(21-11)9-18-13(15-4)17-7-10-5-6-20-19-10/h5-6,8H,7,9H2,1-4H3,(H2,15,17,18). The molecule has 2 aromatic rings. The predicted octanol–water partition coefficient (Wildman–Crippen LogP) is 1.83. The largest absolute Gasteiger partial charge is 0.443 e. The maximum Gasteiger partial charge on any atom is 0.213 e. The number of guanidine groups is 1. The summed E-state index contributed by atoms with van der Waals surface area (Å²) >= 11 is 0. The SMILES string of the molecule is CN=C(NCc1ccon1)NCc1ncc(C(C)(C)C)o1. The number of oxazole rings is 1. The van der Waals surface area contributed by atoms with Crippen molar-refractivity contribution in [2.45, 2.75) is 39.3 Å². The highest BCUT2D eigenvalue weighted by atomic mass is 16.5. The van der Waals surface area contributed by atoms with Crippen LogP contribution < -0.4 is 10.6 Å². The van der Waals surface area contributed by atoms with E-state index in [2.05, 4.69) is 46.5 Å². The molecular formula is C14H21N5O2. The third kappa shape index (κ3) is 4.34. The molecule has 2 heterocycles. The Morgan fingerprint density at radius 3 is 2.62 bits per heavy atom. The summed E-state index contributed by atoms with van der Waals surface area (Å²) in [7, 11) is 1.70. The second-order valence-corrected chi connectivity index (χ2v) is 5.64. The number of aromatic nitrogens is 2. The zero-order valence-electron chi connectivity index (χ0n) is 12.8. The number of nitrogens with zero attached hydrogens (tertiary/aromatic N) is 3. The van der Waals surface area contributed by atoms with Gasteiger partial charge in [0.2, 0.25) is 5.89 Å². The highest BCUT2D eigenvalue weighted by Gasteiger charge is 2.19. The van der Waals surface area contributed by atoms with Gasteiger partial charge in [0.1, 0.15) is 17.7 Å². The van der Waals surface area contributed by atoms with E-state index in [-0.39, 0.29) is 5.41 Å². The molecule has 21 heavy (non-hydrogen) atoms. The van der Waals surface area contributed by atoms with Gasteiger partial charge in [-0.15, -0.1) is 0 Å². The molecule has 7 nitrogen and oxygen atoms in total. The van der Waals surface area contributed by atoms with E-state index in [1.165, 1.54) is 6.26 Å². The molecule has 0 saturated heterocycles. The predicted molar refractivity (Wildman–Crippen MR) is 78.7 cm³/mol. The summed E-state index contributed by atoms with van der Waals surface area (Å²) < 4.78 is 10.5. The van der Waals surface area contributed by atoms with E-state index in [1.807, 2.05) is 0 Å². The lowest BCUT2D eigenvalue weighted by atomic mass is 9.94. The molecule has 2 aromatic heterocycles. The summed E-state index contributed by atoms with van der Waals surface area (Å²) in [4.78, 5) is 8.38. The molecule has 2 rings (SSSR count). The first-order valence-corrected chi connectivity index (χ1v) is 6.78. The van der Waals surface area contributed by atoms with Crippen molar-refractivity contribution < 1.29 is 8.94 Å². The number of rotatable bonds is 4. The lowest BCUT2D eigenvalue weighted by Crippen LogP contribution is -2.36. The molecule has 2 N–H and O–H groups in total. The average Bonchev–Trinajstić information content (AvgIpc) is 3.09. The first-order valence-electron chi connectivity index (χ1n) is 6.78. The van der Waals surface area contributed by atoms with Crippen molar-refractivity contribution in [3.8, 4) is 0 Å². The lowest BCUT2D eigenvalue weighted by molar-refractivity contribution is 0.379. The normalized spacial score (nSPS) is 12.5. The zero-order chi connectivity index (χ0) is 15.3. The smallest absolute Gasteiger partial charge is 0.213 e. The summed E-state index contributed by atoms with van der Waals surface area (Å²) in [5.41, 5.74) is 0.766. The average molecular weight is 291 g/mol. The van der Waals surface area contributed by atoms with Crippen molar-refractivity contribution in [2.75, 3.05) is 7.05 Å². The molecule has 0 radical (unpaired) electrons. The van der Waals surface area contributed by atoms with Gasteiger partial charge in [0, 0.05) is 18.5 Å². The topological polar surface area (TPSA) is 88.5 Å². The molecule has 0 aromatic carbocycles. The van der Waals surface area contributed by atoms with Crippen molar-refractivity contribution in [3.63, 3.8) is 0 Å². The van der Waals surface area contributed by atoms with Crippen LogP contribution in [-0.2, 0) is 18.5 Å². The Labute approximate surface area is 123 Å². The second-order valence-electron chi connectivity index (χ2n) is 5.64. The Balaban J connectivity index is 1.84. The van der Waals surface area contributed by atoms with Gasteiger partial charge in [-0.3, -0.25) is 4.99 Å². The van der Waals surface area contributed by atoms with Crippen LogP contribution in [0.4, 0.5) is 0 Å². The van der Waals surface area contributed by atoms with Crippen molar-refractivity contribution in [1.82, 2.24) is 20.8 Å². The Kier molecular flexibility index (Phi) is 4.62. The molecule has 0 saturated carbocycles. The van der Waals surface area contributed by atoms with E-state index in [1.54, 1.807) is 19.3 Å². The van der Waals surface area contributed by atoms with Crippen LogP contribution in [-0.4, -0.2) is 23.1 Å². The van der Waals surface area contributed by atoms with E-state index < -0.39 is 0 Å². The van der Waals surface area contributed by atoms with Gasteiger partial charge in [0.15, 0.2) is 5.96 Å². The zero-order valence-corrected chi connectivity index (χ0v) is 12.8. The van der Waals surface area contributed by atoms with E-state index in [4.69, 9.17) is 8.94 Å². The number of nitrogens with one attached hydrogen (secondary N) is 2. The highest BCUT2D eigenvalue weighted by Crippen LogP contribution is 2.22. The van der Waals surface area contributed by atoms with Crippen molar-refractivity contribution >= 4 is 5.96 Å². The molecule has 0 unspecified atom stereocenters. The van der Waals surface area contributed by atoms with Crippen LogP contribution >= 0.6 is 0 Å². The van der Waals surface area contributed by atoms with Crippen molar-refractivity contribution in [1.29, 1.82) is 0 Å². The summed E-state index contributed by atoms with van der Waals surface area (Å²) in [6.07, 6.45) is 3.30. The van der Waals surface area contributed by atoms with Crippen LogP contribution in [0.25, 0.3) is 0 Å². The maximum absolute atomic E-state index is 5.71. The van der Waals surface area contributed by atoms with Gasteiger partial charge in [0.25, 0.3) is 0 Å². The van der Waals surface area contributed by atoms with Crippen LogP contribution in [0.2, 0.25) is 0 Å². The van der Waals surface area contributed by atoms with Crippen LogP contribution in [0.15, 0.2) is 32.5 Å². The Bertz CT molecular complexity index is 581. The molecule has 7 heteroatoms. The Hall–Kier alpha value is -2.31. The van der Waals surface area contributed by atoms with Gasteiger partial charge in [0.05, 0.1) is 19.3 Å². The lowest BCUT2D eigenvalue weighted by Gasteiger charge is -2.13. The fourth-order valence-corrected chi connectivity index (χ4v) is 1.62. The van der Waals surface area contributed by atoms with Crippen molar-refractivity contribution in [3.05, 3.63) is 35.9 Å². The fourth-order valence-electron chi connectivity index (χ4n) is 1.62. The van der Waals surface area contributed by atoms with Crippen LogP contribution in [0, 0.1) is 0 Å². The minimum absolute atomic E-state index is 0.0435. The quantitative estimate of drug-likeness (QED) is 0.660. The molecule has 0 aliphatic rings. The molecule has 0 aliphatic heterocycles. The minimum Gasteiger partial charge on any atom is -0.443 e. The van der Waals surface area contributed by atoms with Gasteiger partial charge < -0.3 is 19.6 Å². The van der Waals surface area contributed by atoms with Gasteiger partial charge in [-0.1, -0.05) is 25.9 Å². The first kappa shape index (κ1) is 15.1. The summed E-state index contributed by atoms with van der Waals surface area (Å²) in [5, 5.41) is 10.1. The monoisotopic (exact) mass is 291 g/mol. The summed E-state index contributed by atoms with van der Waals surface area (Å²) in [5.74, 6) is 2.14. The molecule has 0 atom stereocenters. The van der Waals surface area contributed by atoms with E-state index in [0.29, 0.717) is 24.9 Å². The third-order valence-electron chi connectivity index (χ3n) is 2.85. The number of hydrogen-bond donors (Lipinski definition) is 2. The van der Waals surface area contributed by atoms with Crippen LogP contribution in [0.1, 0.15) is 38.1 Å². The molecule has 0 spiro atoms. The molecule has 114 valence electrons. The molecule has 0 bridgehead atoms. The van der Waals surface area contributed by atoms with Gasteiger partial charge in [-0.05, 0) is 0 Å². The molecular weight excluding hydrogens is 270 g/mol. The van der Waals surface area contributed by atoms with Gasteiger partial charge in [-0.2, -0.15) is 0 Å².